The summed E-state index contributed by atoms with van der Waals surface area (Å²) in [6.45, 7) is 2.17. The maximum absolute atomic E-state index is 13.2. The molecule has 0 heterocycles. The zero-order valence-electron chi connectivity index (χ0n) is 11.3. The Morgan fingerprint density at radius 2 is 1.95 bits per heavy atom. The smallest absolute Gasteiger partial charge is 0.123 e. The lowest BCUT2D eigenvalue weighted by Gasteiger charge is -2.13. The number of hydrogen-bond donors (Lipinski definition) is 1. The van der Waals surface area contributed by atoms with Gasteiger partial charge in [-0.3, -0.25) is 0 Å². The predicted octanol–water partition coefficient (Wildman–Crippen LogP) is 3.95. The van der Waals surface area contributed by atoms with Crippen LogP contribution in [0.3, 0.4) is 0 Å². The molecule has 0 saturated heterocycles. The van der Waals surface area contributed by atoms with Gasteiger partial charge in [0.05, 0.1) is 0 Å². The van der Waals surface area contributed by atoms with Crippen molar-refractivity contribution in [1.29, 1.82) is 0 Å². The second kappa shape index (κ2) is 6.73. The zero-order valence-corrected chi connectivity index (χ0v) is 12.0. The Kier molecular flexibility index (Phi) is 4.99. The molecule has 0 amide bonds. The second-order valence-corrected chi connectivity index (χ2v) is 5.22. The number of benzene rings is 2. The molecule has 0 aliphatic rings. The molecule has 2 aromatic rings. The lowest BCUT2D eigenvalue weighted by Crippen LogP contribution is -2.18. The van der Waals surface area contributed by atoms with E-state index in [9.17, 15) is 4.39 Å². The quantitative estimate of drug-likeness (QED) is 0.906. The van der Waals surface area contributed by atoms with Gasteiger partial charge in [-0.1, -0.05) is 29.8 Å². The fraction of sp³-hybridized carbons (Fsp3) is 0.250. The van der Waals surface area contributed by atoms with E-state index in [1.54, 1.807) is 0 Å². The Morgan fingerprint density at radius 1 is 1.20 bits per heavy atom. The van der Waals surface area contributed by atoms with E-state index >= 15 is 0 Å². The third-order valence-corrected chi connectivity index (χ3v) is 3.27. The summed E-state index contributed by atoms with van der Waals surface area (Å²) < 4.78 is 18.9. The molecule has 1 atom stereocenters. The van der Waals surface area contributed by atoms with Gasteiger partial charge in [-0.25, -0.2) is 4.39 Å². The Morgan fingerprint density at radius 3 is 2.70 bits per heavy atom. The average Bonchev–Trinajstić information content (AvgIpc) is 2.41. The van der Waals surface area contributed by atoms with Gasteiger partial charge in [0.1, 0.15) is 18.2 Å². The second-order valence-electron chi connectivity index (χ2n) is 4.81. The molecule has 2 rings (SSSR count). The lowest BCUT2D eigenvalue weighted by atomic mass is 10.1. The van der Waals surface area contributed by atoms with Gasteiger partial charge < -0.3 is 10.5 Å². The predicted molar refractivity (Wildman–Crippen MR) is 79.5 cm³/mol. The van der Waals surface area contributed by atoms with Crippen molar-refractivity contribution < 1.29 is 9.13 Å². The van der Waals surface area contributed by atoms with Gasteiger partial charge in [-0.05, 0) is 43.2 Å². The molecular weight excluding hydrogens is 277 g/mol. The van der Waals surface area contributed by atoms with Crippen LogP contribution in [0.2, 0.25) is 5.02 Å². The molecule has 106 valence electrons. The largest absolute Gasteiger partial charge is 0.489 e. The molecule has 2 N–H and O–H groups in total. The third-order valence-electron chi connectivity index (χ3n) is 2.91. The number of halogens is 2. The molecule has 0 aliphatic carbocycles. The minimum Gasteiger partial charge on any atom is -0.489 e. The van der Waals surface area contributed by atoms with Crippen molar-refractivity contribution in [3.8, 4) is 5.75 Å². The summed E-state index contributed by atoms with van der Waals surface area (Å²) in [6, 6.07) is 12.0. The minimum absolute atomic E-state index is 0.0532. The summed E-state index contributed by atoms with van der Waals surface area (Å²) in [5.74, 6) is 0.432. The highest BCUT2D eigenvalue weighted by Gasteiger charge is 2.08. The summed E-state index contributed by atoms with van der Waals surface area (Å²) in [7, 11) is 0. The molecule has 0 aromatic heterocycles. The van der Waals surface area contributed by atoms with Gasteiger partial charge in [-0.15, -0.1) is 0 Å². The molecule has 0 spiro atoms. The minimum atomic E-state index is -0.322. The van der Waals surface area contributed by atoms with Crippen LogP contribution in [0.1, 0.15) is 18.1 Å². The van der Waals surface area contributed by atoms with E-state index < -0.39 is 0 Å². The first-order valence-corrected chi connectivity index (χ1v) is 6.84. The van der Waals surface area contributed by atoms with Crippen LogP contribution in [0.4, 0.5) is 4.39 Å². The normalized spacial score (nSPS) is 12.2. The van der Waals surface area contributed by atoms with Gasteiger partial charge in [-0.2, -0.15) is 0 Å². The van der Waals surface area contributed by atoms with Crippen LogP contribution in [-0.2, 0) is 13.0 Å². The monoisotopic (exact) mass is 293 g/mol. The van der Waals surface area contributed by atoms with E-state index in [1.165, 1.54) is 18.2 Å². The molecular formula is C16H17ClFNO. The van der Waals surface area contributed by atoms with Gasteiger partial charge >= 0.3 is 0 Å². The van der Waals surface area contributed by atoms with Crippen molar-refractivity contribution in [3.63, 3.8) is 0 Å². The molecule has 0 aliphatic heterocycles. The van der Waals surface area contributed by atoms with Gasteiger partial charge in [0, 0.05) is 16.6 Å². The van der Waals surface area contributed by atoms with E-state index in [-0.39, 0.29) is 18.5 Å². The van der Waals surface area contributed by atoms with Gasteiger partial charge in [0.25, 0.3) is 0 Å². The number of para-hydroxylation sites is 1. The van der Waals surface area contributed by atoms with Crippen molar-refractivity contribution >= 4 is 11.6 Å². The molecule has 4 heteroatoms. The standard InChI is InChI=1S/C16H17ClFNO/c1-11(19)8-12-4-2-3-5-16(12)20-10-13-9-14(18)6-7-15(13)17/h2-7,9,11H,8,10,19H2,1H3. The van der Waals surface area contributed by atoms with Crippen LogP contribution < -0.4 is 10.5 Å². The molecule has 0 radical (unpaired) electrons. The SMILES string of the molecule is CC(N)Cc1ccccc1OCc1cc(F)ccc1Cl. The van der Waals surface area contributed by atoms with Crippen LogP contribution in [-0.4, -0.2) is 6.04 Å². The third kappa shape index (κ3) is 3.95. The Balaban J connectivity index is 2.12. The van der Waals surface area contributed by atoms with Crippen molar-refractivity contribution in [3.05, 3.63) is 64.4 Å². The molecule has 1 unspecified atom stereocenters. The summed E-state index contributed by atoms with van der Waals surface area (Å²) in [5.41, 5.74) is 7.48. The fourth-order valence-corrected chi connectivity index (χ4v) is 2.14. The van der Waals surface area contributed by atoms with Gasteiger partial charge in [0.15, 0.2) is 0 Å². The Hall–Kier alpha value is -1.58. The van der Waals surface area contributed by atoms with Crippen molar-refractivity contribution in [1.82, 2.24) is 0 Å². The molecule has 2 nitrogen and oxygen atoms in total. The maximum atomic E-state index is 13.2. The van der Waals surface area contributed by atoms with E-state index in [4.69, 9.17) is 22.1 Å². The van der Waals surface area contributed by atoms with E-state index in [0.717, 1.165) is 17.7 Å². The topological polar surface area (TPSA) is 35.2 Å². The highest BCUT2D eigenvalue weighted by atomic mass is 35.5. The van der Waals surface area contributed by atoms with E-state index in [0.29, 0.717) is 10.6 Å². The van der Waals surface area contributed by atoms with Crippen molar-refractivity contribution in [2.75, 3.05) is 0 Å². The summed E-state index contributed by atoms with van der Waals surface area (Å²) in [5, 5.41) is 0.496. The Bertz CT molecular complexity index is 586. The van der Waals surface area contributed by atoms with Gasteiger partial charge in [0.2, 0.25) is 0 Å². The number of nitrogens with two attached hydrogens (primary N) is 1. The molecule has 0 bridgehead atoms. The average molecular weight is 294 g/mol. The molecule has 0 saturated carbocycles. The van der Waals surface area contributed by atoms with Crippen LogP contribution in [0.15, 0.2) is 42.5 Å². The summed E-state index contributed by atoms with van der Waals surface area (Å²) >= 11 is 6.02. The first-order chi connectivity index (χ1) is 9.56. The van der Waals surface area contributed by atoms with Crippen LogP contribution in [0.25, 0.3) is 0 Å². The molecule has 2 aromatic carbocycles. The first kappa shape index (κ1) is 14.8. The summed E-state index contributed by atoms with van der Waals surface area (Å²) in [4.78, 5) is 0. The maximum Gasteiger partial charge on any atom is 0.123 e. The Labute approximate surface area is 123 Å². The highest BCUT2D eigenvalue weighted by molar-refractivity contribution is 6.31. The van der Waals surface area contributed by atoms with E-state index in [1.807, 2.05) is 31.2 Å². The fourth-order valence-electron chi connectivity index (χ4n) is 1.97. The zero-order chi connectivity index (χ0) is 14.5. The van der Waals surface area contributed by atoms with Crippen LogP contribution in [0.5, 0.6) is 5.75 Å². The van der Waals surface area contributed by atoms with Crippen LogP contribution >= 0.6 is 11.6 Å². The van der Waals surface area contributed by atoms with Crippen molar-refractivity contribution in [2.45, 2.75) is 26.0 Å². The number of rotatable bonds is 5. The number of ether oxygens (including phenoxy) is 1. The molecule has 0 fully saturated rings. The number of hydrogen-bond acceptors (Lipinski definition) is 2. The van der Waals surface area contributed by atoms with Crippen LogP contribution in [0, 0.1) is 5.82 Å². The highest BCUT2D eigenvalue weighted by Crippen LogP contribution is 2.23. The lowest BCUT2D eigenvalue weighted by molar-refractivity contribution is 0.302. The van der Waals surface area contributed by atoms with Crippen molar-refractivity contribution in [2.24, 2.45) is 5.73 Å². The first-order valence-electron chi connectivity index (χ1n) is 6.46. The molecule has 20 heavy (non-hydrogen) atoms. The van der Waals surface area contributed by atoms with E-state index in [2.05, 4.69) is 0 Å². The summed E-state index contributed by atoms with van der Waals surface area (Å²) in [6.07, 6.45) is 0.729.